The predicted octanol–water partition coefficient (Wildman–Crippen LogP) is 1.83. The van der Waals surface area contributed by atoms with E-state index in [9.17, 15) is 14.7 Å². The summed E-state index contributed by atoms with van der Waals surface area (Å²) in [5, 5.41) is 20.3. The fourth-order valence-electron chi connectivity index (χ4n) is 5.96. The Labute approximate surface area is 252 Å². The lowest BCUT2D eigenvalue weighted by Crippen LogP contribution is -2.46. The Morgan fingerprint density at radius 1 is 0.977 bits per heavy atom. The molecule has 0 bridgehead atoms. The van der Waals surface area contributed by atoms with Gasteiger partial charge >= 0.3 is 0 Å². The number of nitrogens with one attached hydrogen (secondary N) is 3. The van der Waals surface area contributed by atoms with Crippen molar-refractivity contribution in [3.63, 3.8) is 0 Å². The molecule has 236 valence electrons. The Bertz CT molecular complexity index is 1220. The van der Waals surface area contributed by atoms with Gasteiger partial charge in [0, 0.05) is 24.9 Å². The number of aldehydes is 1. The predicted molar refractivity (Wildman–Crippen MR) is 160 cm³/mol. The average Bonchev–Trinajstić information content (AvgIpc) is 3.48. The number of aromatic hydroxyl groups is 1. The quantitative estimate of drug-likeness (QED) is 0.133. The van der Waals surface area contributed by atoms with Crippen molar-refractivity contribution in [2.24, 2.45) is 17.6 Å². The van der Waals surface area contributed by atoms with E-state index in [1.165, 1.54) is 14.2 Å². The molecule has 2 aliphatic rings. The average molecular weight is 601 g/mol. The van der Waals surface area contributed by atoms with Gasteiger partial charge in [0.1, 0.15) is 6.29 Å². The van der Waals surface area contributed by atoms with E-state index in [2.05, 4.69) is 16.0 Å². The molecular weight excluding hydrogens is 556 g/mol. The number of nitrogens with two attached hydrogens (primary N) is 1. The summed E-state index contributed by atoms with van der Waals surface area (Å²) in [7, 11) is 4.48. The van der Waals surface area contributed by atoms with Crippen LogP contribution in [0.4, 0.5) is 0 Å². The number of ether oxygens (including phenoxy) is 5. The highest BCUT2D eigenvalue weighted by molar-refractivity contribution is 5.79. The van der Waals surface area contributed by atoms with Crippen molar-refractivity contribution >= 4 is 12.2 Å². The van der Waals surface area contributed by atoms with Crippen LogP contribution in [0.25, 0.3) is 0 Å². The standard InChI is InChI=1S/C31H44N4O8/c1-39-17-23-22(16-36)29(19-11-26(40-2)31(38)27(12-19)41-3)20-13-24-25(43-18-42-24)14-21(20)30(23)35-28(37)15-34-10-6-9-33-8-5-4-7-32/h11-14,16,22-23,29-30,33-34,38H,4-10,15,17-18,32H2,1-3H3,(H,35,37)/t22?,23-,29?,30+/m0/s1. The van der Waals surface area contributed by atoms with Gasteiger partial charge in [0.15, 0.2) is 23.0 Å². The maximum Gasteiger partial charge on any atom is 0.234 e. The number of unbranched alkanes of at least 4 members (excludes halogenated alkanes) is 1. The van der Waals surface area contributed by atoms with Crippen LogP contribution < -0.4 is 40.6 Å². The third-order valence-corrected chi connectivity index (χ3v) is 8.05. The van der Waals surface area contributed by atoms with Crippen LogP contribution in [0.15, 0.2) is 24.3 Å². The first kappa shape index (κ1) is 32.3. The van der Waals surface area contributed by atoms with Gasteiger partial charge in [-0.1, -0.05) is 0 Å². The second-order valence-corrected chi connectivity index (χ2v) is 10.7. The van der Waals surface area contributed by atoms with Gasteiger partial charge in [-0.15, -0.1) is 0 Å². The van der Waals surface area contributed by atoms with Crippen LogP contribution in [-0.4, -0.2) is 84.8 Å². The van der Waals surface area contributed by atoms with E-state index in [0.717, 1.165) is 49.8 Å². The first-order valence-corrected chi connectivity index (χ1v) is 14.7. The van der Waals surface area contributed by atoms with Gasteiger partial charge in [0.2, 0.25) is 18.4 Å². The molecule has 6 N–H and O–H groups in total. The molecule has 0 saturated heterocycles. The number of carbonyl (C=O) groups is 2. The number of rotatable bonds is 17. The molecule has 2 aromatic rings. The first-order chi connectivity index (χ1) is 21.0. The van der Waals surface area contributed by atoms with Crippen LogP contribution in [0.2, 0.25) is 0 Å². The van der Waals surface area contributed by atoms with Crippen molar-refractivity contribution in [1.29, 1.82) is 0 Å². The summed E-state index contributed by atoms with van der Waals surface area (Å²) in [5.41, 5.74) is 7.82. The van der Waals surface area contributed by atoms with Crippen molar-refractivity contribution < 1.29 is 38.4 Å². The molecule has 2 aromatic carbocycles. The molecule has 1 aliphatic carbocycles. The van der Waals surface area contributed by atoms with Crippen molar-refractivity contribution in [3.05, 3.63) is 41.0 Å². The van der Waals surface area contributed by atoms with Gasteiger partial charge in [-0.05, 0) is 86.4 Å². The second kappa shape index (κ2) is 15.8. The zero-order chi connectivity index (χ0) is 30.8. The molecule has 0 radical (unpaired) electrons. The number of amides is 1. The van der Waals surface area contributed by atoms with E-state index >= 15 is 0 Å². The number of hydrogen-bond donors (Lipinski definition) is 5. The lowest BCUT2D eigenvalue weighted by Gasteiger charge is -2.42. The third kappa shape index (κ3) is 7.50. The number of phenolic OH excluding ortho intramolecular Hbond substituents is 1. The smallest absolute Gasteiger partial charge is 0.234 e. The van der Waals surface area contributed by atoms with E-state index < -0.39 is 23.8 Å². The lowest BCUT2D eigenvalue weighted by atomic mass is 9.64. The lowest BCUT2D eigenvalue weighted by molar-refractivity contribution is -0.123. The van der Waals surface area contributed by atoms with Gasteiger partial charge in [-0.3, -0.25) is 4.79 Å². The molecule has 4 atom stereocenters. The van der Waals surface area contributed by atoms with Crippen molar-refractivity contribution in [3.8, 4) is 28.7 Å². The summed E-state index contributed by atoms with van der Waals surface area (Å²) < 4.78 is 27.8. The topological polar surface area (TPSA) is 163 Å². The molecule has 0 spiro atoms. The third-order valence-electron chi connectivity index (χ3n) is 8.05. The summed E-state index contributed by atoms with van der Waals surface area (Å²) in [5.74, 6) is -0.255. The summed E-state index contributed by atoms with van der Waals surface area (Å²) in [6.45, 7) is 3.59. The number of phenols is 1. The van der Waals surface area contributed by atoms with Gasteiger partial charge in [0.25, 0.3) is 0 Å². The van der Waals surface area contributed by atoms with Gasteiger partial charge in [0.05, 0.1) is 33.4 Å². The second-order valence-electron chi connectivity index (χ2n) is 10.7. The zero-order valence-corrected chi connectivity index (χ0v) is 25.1. The van der Waals surface area contributed by atoms with Crippen molar-refractivity contribution in [2.45, 2.75) is 31.2 Å². The maximum atomic E-state index is 13.2. The minimum Gasteiger partial charge on any atom is -0.502 e. The summed E-state index contributed by atoms with van der Waals surface area (Å²) in [6, 6.07) is 6.61. The molecule has 12 heteroatoms. The highest BCUT2D eigenvalue weighted by Crippen LogP contribution is 2.53. The minimum absolute atomic E-state index is 0.0746. The van der Waals surface area contributed by atoms with Gasteiger partial charge < -0.3 is 55.3 Å². The molecule has 12 nitrogen and oxygen atoms in total. The first-order valence-electron chi connectivity index (χ1n) is 14.7. The number of hydrogen-bond acceptors (Lipinski definition) is 11. The Hall–Kier alpha value is -3.58. The van der Waals surface area contributed by atoms with E-state index in [-0.39, 0.29) is 43.1 Å². The molecule has 43 heavy (non-hydrogen) atoms. The fraction of sp³-hybridized carbons (Fsp3) is 0.548. The summed E-state index contributed by atoms with van der Waals surface area (Å²) >= 11 is 0. The highest BCUT2D eigenvalue weighted by Gasteiger charge is 2.45. The molecule has 1 heterocycles. The molecule has 0 aromatic heterocycles. The molecule has 2 unspecified atom stereocenters. The van der Waals surface area contributed by atoms with Crippen molar-refractivity contribution in [1.82, 2.24) is 16.0 Å². The van der Waals surface area contributed by atoms with Crippen LogP contribution in [-0.2, 0) is 14.3 Å². The zero-order valence-electron chi connectivity index (χ0n) is 25.1. The maximum absolute atomic E-state index is 13.2. The van der Waals surface area contributed by atoms with Crippen LogP contribution >= 0.6 is 0 Å². The monoisotopic (exact) mass is 600 g/mol. The number of carbonyl (C=O) groups excluding carboxylic acids is 2. The summed E-state index contributed by atoms with van der Waals surface area (Å²) in [6.07, 6.45) is 3.84. The Morgan fingerprint density at radius 2 is 1.63 bits per heavy atom. The van der Waals surface area contributed by atoms with E-state index in [1.54, 1.807) is 19.2 Å². The number of fused-ring (bicyclic) bond motifs is 2. The Balaban J connectivity index is 1.61. The van der Waals surface area contributed by atoms with Crippen molar-refractivity contribution in [2.75, 3.05) is 67.5 Å². The highest BCUT2D eigenvalue weighted by atomic mass is 16.7. The van der Waals surface area contributed by atoms with Gasteiger partial charge in [-0.2, -0.15) is 0 Å². The number of benzene rings is 2. The normalized spacial score (nSPS) is 20.4. The minimum atomic E-state index is -0.601. The number of methoxy groups -OCH3 is 3. The molecule has 4 rings (SSSR count). The largest absolute Gasteiger partial charge is 0.502 e. The van der Waals surface area contributed by atoms with Crippen LogP contribution in [0.1, 0.15) is 47.9 Å². The molecule has 0 saturated carbocycles. The van der Waals surface area contributed by atoms with Crippen LogP contribution in [0.5, 0.6) is 28.7 Å². The van der Waals surface area contributed by atoms with E-state index in [0.29, 0.717) is 30.2 Å². The van der Waals surface area contributed by atoms with Gasteiger partial charge in [-0.25, -0.2) is 0 Å². The van der Waals surface area contributed by atoms with E-state index in [4.69, 9.17) is 29.4 Å². The summed E-state index contributed by atoms with van der Waals surface area (Å²) in [4.78, 5) is 26.1. The molecule has 1 amide bonds. The SMILES string of the molecule is COC[C@H]1C(C=O)C(c2cc(OC)c(O)c(OC)c2)c2cc3c(cc2[C@H]1NC(=O)CNCCCNCCCCN)OCO3. The van der Waals surface area contributed by atoms with E-state index in [1.807, 2.05) is 12.1 Å². The molecular formula is C31H44N4O8. The fourth-order valence-corrected chi connectivity index (χ4v) is 5.96. The molecule has 1 aliphatic heterocycles. The Morgan fingerprint density at radius 3 is 2.26 bits per heavy atom. The molecule has 0 fully saturated rings. The van der Waals surface area contributed by atoms with Crippen LogP contribution in [0, 0.1) is 11.8 Å². The Kier molecular flexibility index (Phi) is 11.9. The van der Waals surface area contributed by atoms with Crippen LogP contribution in [0.3, 0.4) is 0 Å².